The molecule has 0 saturated carbocycles. The van der Waals surface area contributed by atoms with E-state index in [2.05, 4.69) is 9.97 Å². The zero-order valence-corrected chi connectivity index (χ0v) is 12.8. The van der Waals surface area contributed by atoms with Gasteiger partial charge in [0.25, 0.3) is 10.0 Å². The minimum Gasteiger partial charge on any atom is -0.237 e. The number of anilines is 1. The lowest BCUT2D eigenvalue weighted by atomic mass is 10.4. The Morgan fingerprint density at radius 3 is 2.14 bits per heavy atom. The molecule has 1 aromatic carbocycles. The SMILES string of the molecule is CN(c1ncccn1)S(=O)(=O)c1ccc(SC(F)(F)F)cc1. The number of alkyl halides is 3. The summed E-state index contributed by atoms with van der Waals surface area (Å²) in [6.45, 7) is 0. The van der Waals surface area contributed by atoms with Gasteiger partial charge in [-0.05, 0) is 42.1 Å². The zero-order chi connectivity index (χ0) is 16.4. The first kappa shape index (κ1) is 16.6. The predicted molar refractivity (Wildman–Crippen MR) is 76.0 cm³/mol. The molecular formula is C12H10F3N3O2S2. The molecule has 22 heavy (non-hydrogen) atoms. The summed E-state index contributed by atoms with van der Waals surface area (Å²) in [5.41, 5.74) is -4.42. The van der Waals surface area contributed by atoms with Crippen molar-refractivity contribution >= 4 is 27.7 Å². The van der Waals surface area contributed by atoms with Gasteiger partial charge in [-0.25, -0.2) is 22.7 Å². The highest BCUT2D eigenvalue weighted by Gasteiger charge is 2.29. The van der Waals surface area contributed by atoms with Crippen molar-refractivity contribution in [2.24, 2.45) is 0 Å². The van der Waals surface area contributed by atoms with Crippen molar-refractivity contribution in [3.05, 3.63) is 42.7 Å². The van der Waals surface area contributed by atoms with Crippen LogP contribution in [0.2, 0.25) is 0 Å². The Bertz CT molecular complexity index is 734. The minimum absolute atomic E-state index is 0.0313. The first-order chi connectivity index (χ1) is 10.2. The Hall–Kier alpha value is -1.81. The summed E-state index contributed by atoms with van der Waals surface area (Å²) >= 11 is -0.308. The van der Waals surface area contributed by atoms with Crippen LogP contribution >= 0.6 is 11.8 Å². The summed E-state index contributed by atoms with van der Waals surface area (Å²) in [7, 11) is -2.67. The van der Waals surface area contributed by atoms with Crippen molar-refractivity contribution < 1.29 is 21.6 Å². The Morgan fingerprint density at radius 1 is 1.09 bits per heavy atom. The summed E-state index contributed by atoms with van der Waals surface area (Å²) in [4.78, 5) is 7.40. The van der Waals surface area contributed by atoms with Gasteiger partial charge in [-0.15, -0.1) is 0 Å². The van der Waals surface area contributed by atoms with Crippen LogP contribution < -0.4 is 4.31 Å². The summed E-state index contributed by atoms with van der Waals surface area (Å²) in [6, 6.07) is 5.97. The maximum Gasteiger partial charge on any atom is 0.446 e. The third kappa shape index (κ3) is 3.89. The van der Waals surface area contributed by atoms with Crippen molar-refractivity contribution in [3.63, 3.8) is 0 Å². The number of nitrogens with zero attached hydrogens (tertiary/aromatic N) is 3. The minimum atomic E-state index is -4.42. The van der Waals surface area contributed by atoms with Gasteiger partial charge in [0.1, 0.15) is 0 Å². The van der Waals surface area contributed by atoms with Gasteiger partial charge in [-0.3, -0.25) is 0 Å². The number of benzene rings is 1. The second kappa shape index (κ2) is 6.13. The molecule has 0 aliphatic rings. The van der Waals surface area contributed by atoms with Gasteiger partial charge >= 0.3 is 5.51 Å². The molecule has 0 bridgehead atoms. The molecule has 0 N–H and O–H groups in total. The molecule has 2 aromatic rings. The van der Waals surface area contributed by atoms with E-state index in [4.69, 9.17) is 0 Å². The molecule has 1 heterocycles. The molecule has 1 aromatic heterocycles. The van der Waals surface area contributed by atoms with E-state index in [0.29, 0.717) is 0 Å². The third-order valence-electron chi connectivity index (χ3n) is 2.55. The number of rotatable bonds is 4. The van der Waals surface area contributed by atoms with Gasteiger partial charge in [0.2, 0.25) is 5.95 Å². The Labute approximate surface area is 129 Å². The van der Waals surface area contributed by atoms with Crippen molar-refractivity contribution in [1.82, 2.24) is 9.97 Å². The van der Waals surface area contributed by atoms with Crippen molar-refractivity contribution in [2.45, 2.75) is 15.3 Å². The third-order valence-corrected chi connectivity index (χ3v) is 5.04. The summed E-state index contributed by atoms with van der Waals surface area (Å²) in [5, 5.41) is 0. The van der Waals surface area contributed by atoms with Crippen LogP contribution in [0.15, 0.2) is 52.5 Å². The molecular weight excluding hydrogens is 339 g/mol. The van der Waals surface area contributed by atoms with Gasteiger partial charge in [-0.2, -0.15) is 13.2 Å². The second-order valence-corrected chi connectivity index (χ2v) is 7.15. The molecule has 0 unspecified atom stereocenters. The van der Waals surface area contributed by atoms with Crippen LogP contribution in [0.25, 0.3) is 0 Å². The van der Waals surface area contributed by atoms with Crippen molar-refractivity contribution in [3.8, 4) is 0 Å². The molecule has 0 aliphatic heterocycles. The quantitative estimate of drug-likeness (QED) is 0.794. The van der Waals surface area contributed by atoms with Gasteiger partial charge in [0.15, 0.2) is 0 Å². The Morgan fingerprint density at radius 2 is 1.64 bits per heavy atom. The number of aromatic nitrogens is 2. The van der Waals surface area contributed by atoms with Crippen LogP contribution in [0.5, 0.6) is 0 Å². The topological polar surface area (TPSA) is 63.2 Å². The van der Waals surface area contributed by atoms with E-state index in [9.17, 15) is 21.6 Å². The monoisotopic (exact) mass is 349 g/mol. The van der Waals surface area contributed by atoms with Crippen LogP contribution in [-0.2, 0) is 10.0 Å². The van der Waals surface area contributed by atoms with E-state index in [1.165, 1.54) is 25.5 Å². The highest BCUT2D eigenvalue weighted by molar-refractivity contribution is 8.00. The van der Waals surface area contributed by atoms with E-state index in [1.807, 2.05) is 0 Å². The molecule has 0 saturated heterocycles. The molecule has 2 rings (SSSR count). The molecule has 0 aliphatic carbocycles. The van der Waals surface area contributed by atoms with E-state index in [0.717, 1.165) is 28.6 Å². The average molecular weight is 349 g/mol. The second-order valence-electron chi connectivity index (χ2n) is 4.04. The van der Waals surface area contributed by atoms with Crippen molar-refractivity contribution in [2.75, 3.05) is 11.4 Å². The van der Waals surface area contributed by atoms with Crippen LogP contribution in [0.1, 0.15) is 0 Å². The number of halogens is 3. The van der Waals surface area contributed by atoms with E-state index >= 15 is 0 Å². The van der Waals surface area contributed by atoms with E-state index < -0.39 is 15.5 Å². The fourth-order valence-corrected chi connectivity index (χ4v) is 3.18. The summed E-state index contributed by atoms with van der Waals surface area (Å²) < 4.78 is 62.3. The largest absolute Gasteiger partial charge is 0.446 e. The maximum absolute atomic E-state index is 12.3. The Balaban J connectivity index is 2.27. The van der Waals surface area contributed by atoms with Crippen LogP contribution in [-0.4, -0.2) is 30.9 Å². The van der Waals surface area contributed by atoms with Crippen LogP contribution in [0.3, 0.4) is 0 Å². The van der Waals surface area contributed by atoms with Crippen LogP contribution in [0, 0.1) is 0 Å². The molecule has 5 nitrogen and oxygen atoms in total. The standard InChI is InChI=1S/C12H10F3N3O2S2/c1-18(11-16-7-2-8-17-11)22(19,20)10-5-3-9(4-6-10)21-12(13,14)15/h2-8H,1H3. The maximum atomic E-state index is 12.3. The smallest absolute Gasteiger partial charge is 0.237 e. The summed E-state index contributed by atoms with van der Waals surface area (Å²) in [6.07, 6.45) is 2.77. The first-order valence-corrected chi connectivity index (χ1v) is 8.07. The van der Waals surface area contributed by atoms with E-state index in [1.54, 1.807) is 0 Å². The van der Waals surface area contributed by atoms with Gasteiger partial charge in [0.05, 0.1) is 4.90 Å². The predicted octanol–water partition coefficient (Wildman–Crippen LogP) is 2.91. The van der Waals surface area contributed by atoms with Gasteiger partial charge in [0, 0.05) is 24.3 Å². The number of hydrogen-bond donors (Lipinski definition) is 0. The lowest BCUT2D eigenvalue weighted by Crippen LogP contribution is -2.28. The fraction of sp³-hybridized carbons (Fsp3) is 0.167. The van der Waals surface area contributed by atoms with Gasteiger partial charge < -0.3 is 0 Å². The fourth-order valence-electron chi connectivity index (χ4n) is 1.53. The first-order valence-electron chi connectivity index (χ1n) is 5.82. The molecule has 0 spiro atoms. The molecule has 0 fully saturated rings. The lowest BCUT2D eigenvalue weighted by Gasteiger charge is -2.17. The molecule has 0 amide bonds. The average Bonchev–Trinajstić information content (AvgIpc) is 2.46. The van der Waals surface area contributed by atoms with E-state index in [-0.39, 0.29) is 27.5 Å². The highest BCUT2D eigenvalue weighted by atomic mass is 32.2. The lowest BCUT2D eigenvalue weighted by molar-refractivity contribution is -0.0328. The number of thioether (sulfide) groups is 1. The molecule has 118 valence electrons. The number of hydrogen-bond acceptors (Lipinski definition) is 5. The summed E-state index contributed by atoms with van der Waals surface area (Å²) in [5.74, 6) is -0.0313. The molecule has 0 radical (unpaired) electrons. The Kier molecular flexibility index (Phi) is 4.61. The normalized spacial score (nSPS) is 12.2. The molecule has 10 heteroatoms. The molecule has 0 atom stereocenters. The zero-order valence-electron chi connectivity index (χ0n) is 11.1. The van der Waals surface area contributed by atoms with Crippen molar-refractivity contribution in [1.29, 1.82) is 0 Å². The highest BCUT2D eigenvalue weighted by Crippen LogP contribution is 2.37. The number of sulfonamides is 1. The van der Waals surface area contributed by atoms with Gasteiger partial charge in [-0.1, -0.05) is 0 Å². The van der Waals surface area contributed by atoms with Crippen LogP contribution in [0.4, 0.5) is 19.1 Å².